The SMILES string of the molecule is O=C(O)CC(NC(=O)[C@@H](CCO)NC(=O)CCCNc1ccccn1)c1ccc(-c2ccccc2)cc1. The van der Waals surface area contributed by atoms with Crippen LogP contribution in [0.25, 0.3) is 11.1 Å². The molecule has 0 aliphatic rings. The van der Waals surface area contributed by atoms with Crippen molar-refractivity contribution < 1.29 is 24.6 Å². The summed E-state index contributed by atoms with van der Waals surface area (Å²) in [5, 5.41) is 27.3. The zero-order valence-corrected chi connectivity index (χ0v) is 20.5. The molecule has 1 unspecified atom stereocenters. The number of carboxylic acid groups (broad SMARTS) is 1. The Bertz CT molecular complexity index is 1140. The molecule has 0 spiro atoms. The Kier molecular flexibility index (Phi) is 10.6. The molecule has 194 valence electrons. The highest BCUT2D eigenvalue weighted by Crippen LogP contribution is 2.23. The van der Waals surface area contributed by atoms with E-state index < -0.39 is 24.0 Å². The number of benzene rings is 2. The van der Waals surface area contributed by atoms with Crippen molar-refractivity contribution in [3.8, 4) is 11.1 Å². The highest BCUT2D eigenvalue weighted by molar-refractivity contribution is 5.88. The van der Waals surface area contributed by atoms with Crippen LogP contribution < -0.4 is 16.0 Å². The number of carbonyl (C=O) groups is 3. The van der Waals surface area contributed by atoms with Crippen molar-refractivity contribution in [1.29, 1.82) is 0 Å². The Morgan fingerprint density at radius 3 is 2.22 bits per heavy atom. The van der Waals surface area contributed by atoms with Gasteiger partial charge in [-0.2, -0.15) is 0 Å². The molecule has 0 radical (unpaired) electrons. The molecule has 1 heterocycles. The van der Waals surface area contributed by atoms with E-state index in [0.717, 1.165) is 11.1 Å². The number of rotatable bonds is 14. The molecule has 2 atom stereocenters. The minimum atomic E-state index is -1.07. The second kappa shape index (κ2) is 14.4. The fourth-order valence-electron chi connectivity index (χ4n) is 3.83. The van der Waals surface area contributed by atoms with Crippen molar-refractivity contribution in [3.05, 3.63) is 84.6 Å². The normalized spacial score (nSPS) is 12.2. The Hall–Kier alpha value is -4.24. The van der Waals surface area contributed by atoms with Crippen LogP contribution in [0.15, 0.2) is 79.0 Å². The lowest BCUT2D eigenvalue weighted by atomic mass is 9.98. The van der Waals surface area contributed by atoms with E-state index in [2.05, 4.69) is 20.9 Å². The van der Waals surface area contributed by atoms with Crippen molar-refractivity contribution in [2.75, 3.05) is 18.5 Å². The first-order valence-corrected chi connectivity index (χ1v) is 12.2. The van der Waals surface area contributed by atoms with E-state index in [0.29, 0.717) is 24.3 Å². The average Bonchev–Trinajstić information content (AvgIpc) is 2.91. The number of hydrogen-bond donors (Lipinski definition) is 5. The van der Waals surface area contributed by atoms with Gasteiger partial charge in [0, 0.05) is 25.8 Å². The summed E-state index contributed by atoms with van der Waals surface area (Å²) in [7, 11) is 0. The minimum absolute atomic E-state index is 0.0104. The van der Waals surface area contributed by atoms with Gasteiger partial charge in [-0.15, -0.1) is 0 Å². The lowest BCUT2D eigenvalue weighted by Gasteiger charge is -2.23. The first-order valence-electron chi connectivity index (χ1n) is 12.2. The van der Waals surface area contributed by atoms with E-state index >= 15 is 0 Å². The summed E-state index contributed by atoms with van der Waals surface area (Å²) in [6, 6.07) is 20.8. The lowest BCUT2D eigenvalue weighted by Crippen LogP contribution is -2.48. The summed E-state index contributed by atoms with van der Waals surface area (Å²) in [6.07, 6.45) is 2.05. The third-order valence-electron chi connectivity index (χ3n) is 5.74. The third kappa shape index (κ3) is 9.05. The highest BCUT2D eigenvalue weighted by Gasteiger charge is 2.25. The van der Waals surface area contributed by atoms with Gasteiger partial charge in [-0.3, -0.25) is 14.4 Å². The number of carboxylic acids is 1. The average molecular weight is 505 g/mol. The molecule has 37 heavy (non-hydrogen) atoms. The molecule has 0 saturated heterocycles. The monoisotopic (exact) mass is 504 g/mol. The number of aliphatic hydroxyl groups is 1. The van der Waals surface area contributed by atoms with Gasteiger partial charge in [0.2, 0.25) is 11.8 Å². The molecule has 1 aromatic heterocycles. The van der Waals surface area contributed by atoms with Gasteiger partial charge < -0.3 is 26.2 Å². The Balaban J connectivity index is 1.58. The van der Waals surface area contributed by atoms with Crippen LogP contribution in [-0.2, 0) is 14.4 Å². The number of nitrogens with one attached hydrogen (secondary N) is 3. The molecule has 2 amide bonds. The molecule has 0 bridgehead atoms. The number of aromatic nitrogens is 1. The first kappa shape index (κ1) is 27.3. The number of amides is 2. The second-order valence-electron chi connectivity index (χ2n) is 8.52. The van der Waals surface area contributed by atoms with Crippen LogP contribution >= 0.6 is 0 Å². The maximum absolute atomic E-state index is 13.0. The second-order valence-corrected chi connectivity index (χ2v) is 8.52. The third-order valence-corrected chi connectivity index (χ3v) is 5.74. The summed E-state index contributed by atoms with van der Waals surface area (Å²) in [6.45, 7) is 0.218. The Morgan fingerprint density at radius 1 is 0.865 bits per heavy atom. The zero-order valence-electron chi connectivity index (χ0n) is 20.5. The summed E-state index contributed by atoms with van der Waals surface area (Å²) < 4.78 is 0. The molecule has 0 fully saturated rings. The number of carbonyl (C=O) groups excluding carboxylic acids is 2. The Labute approximate surface area is 216 Å². The van der Waals surface area contributed by atoms with E-state index in [9.17, 15) is 24.6 Å². The van der Waals surface area contributed by atoms with E-state index in [-0.39, 0.29) is 31.8 Å². The number of anilines is 1. The van der Waals surface area contributed by atoms with Crippen LogP contribution in [-0.4, -0.2) is 52.2 Å². The topological polar surface area (TPSA) is 141 Å². The molecule has 0 aliphatic heterocycles. The van der Waals surface area contributed by atoms with Crippen molar-refractivity contribution in [2.45, 2.75) is 37.8 Å². The number of hydrogen-bond acceptors (Lipinski definition) is 6. The molecule has 0 saturated carbocycles. The highest BCUT2D eigenvalue weighted by atomic mass is 16.4. The largest absolute Gasteiger partial charge is 0.481 e. The molecule has 2 aromatic carbocycles. The number of pyridine rings is 1. The predicted molar refractivity (Wildman–Crippen MR) is 141 cm³/mol. The van der Waals surface area contributed by atoms with Gasteiger partial charge in [-0.05, 0) is 41.7 Å². The van der Waals surface area contributed by atoms with Gasteiger partial charge in [-0.1, -0.05) is 60.7 Å². The molecule has 3 rings (SSSR count). The molecule has 5 N–H and O–H groups in total. The molecule has 0 aliphatic carbocycles. The van der Waals surface area contributed by atoms with Crippen LogP contribution in [0.2, 0.25) is 0 Å². The van der Waals surface area contributed by atoms with E-state index in [1.165, 1.54) is 0 Å². The summed E-state index contributed by atoms with van der Waals surface area (Å²) in [5.41, 5.74) is 2.62. The van der Waals surface area contributed by atoms with E-state index in [1.54, 1.807) is 18.3 Å². The number of nitrogens with zero attached hydrogens (tertiary/aromatic N) is 1. The molecule has 3 aromatic rings. The van der Waals surface area contributed by atoms with Gasteiger partial charge in [0.15, 0.2) is 0 Å². The fraction of sp³-hybridized carbons (Fsp3) is 0.286. The van der Waals surface area contributed by atoms with E-state index in [4.69, 9.17) is 0 Å². The zero-order chi connectivity index (χ0) is 26.5. The van der Waals surface area contributed by atoms with Crippen molar-refractivity contribution in [1.82, 2.24) is 15.6 Å². The number of aliphatic hydroxyl groups excluding tert-OH is 1. The Morgan fingerprint density at radius 2 is 1.57 bits per heavy atom. The van der Waals surface area contributed by atoms with Gasteiger partial charge in [0.1, 0.15) is 11.9 Å². The summed E-state index contributed by atoms with van der Waals surface area (Å²) >= 11 is 0. The van der Waals surface area contributed by atoms with Gasteiger partial charge >= 0.3 is 5.97 Å². The van der Waals surface area contributed by atoms with Crippen LogP contribution in [0.1, 0.15) is 37.3 Å². The van der Waals surface area contributed by atoms with Gasteiger partial charge in [0.25, 0.3) is 0 Å². The number of aliphatic carboxylic acids is 1. The lowest BCUT2D eigenvalue weighted by molar-refractivity contribution is -0.138. The van der Waals surface area contributed by atoms with Gasteiger partial charge in [0.05, 0.1) is 12.5 Å². The van der Waals surface area contributed by atoms with Crippen molar-refractivity contribution in [3.63, 3.8) is 0 Å². The van der Waals surface area contributed by atoms with Crippen molar-refractivity contribution in [2.24, 2.45) is 0 Å². The predicted octanol–water partition coefficient (Wildman–Crippen LogP) is 3.14. The molecular formula is C28H32N4O5. The maximum atomic E-state index is 13.0. The van der Waals surface area contributed by atoms with E-state index in [1.807, 2.05) is 60.7 Å². The molecule has 9 heteroatoms. The molecular weight excluding hydrogens is 472 g/mol. The smallest absolute Gasteiger partial charge is 0.305 e. The quantitative estimate of drug-likeness (QED) is 0.212. The van der Waals surface area contributed by atoms with Gasteiger partial charge in [-0.25, -0.2) is 4.98 Å². The molecule has 9 nitrogen and oxygen atoms in total. The van der Waals surface area contributed by atoms with Crippen LogP contribution in [0, 0.1) is 0 Å². The van der Waals surface area contributed by atoms with Crippen LogP contribution in [0.4, 0.5) is 5.82 Å². The summed E-state index contributed by atoms with van der Waals surface area (Å²) in [5.74, 6) is -1.24. The summed E-state index contributed by atoms with van der Waals surface area (Å²) in [4.78, 5) is 41.1. The minimum Gasteiger partial charge on any atom is -0.481 e. The van der Waals surface area contributed by atoms with Crippen LogP contribution in [0.5, 0.6) is 0 Å². The van der Waals surface area contributed by atoms with Crippen molar-refractivity contribution >= 4 is 23.6 Å². The fourth-order valence-corrected chi connectivity index (χ4v) is 3.83. The first-order chi connectivity index (χ1) is 18.0. The maximum Gasteiger partial charge on any atom is 0.305 e. The standard InChI is InChI=1S/C28H32N4O5/c33-18-15-23(31-26(34)10-6-17-30-25-9-4-5-16-29-25)28(37)32-24(19-27(35)36)22-13-11-21(12-14-22)20-7-2-1-3-8-20/h1-5,7-9,11-14,16,23-24,33H,6,10,15,17-19H2,(H,29,30)(H,31,34)(H,32,37)(H,35,36)/t23-,24?/m1/s1. The van der Waals surface area contributed by atoms with Crippen LogP contribution in [0.3, 0.4) is 0 Å².